The Kier molecular flexibility index (Phi) is 32.7. The molecule has 630 valence electrons. The highest BCUT2D eigenvalue weighted by molar-refractivity contribution is 5.90. The van der Waals surface area contributed by atoms with Crippen LogP contribution in [0.15, 0.2) is 152 Å². The van der Waals surface area contributed by atoms with Crippen LogP contribution in [0.5, 0.6) is 57.5 Å². The molecule has 0 spiro atoms. The van der Waals surface area contributed by atoms with E-state index in [1.807, 2.05) is 60.9 Å². The molecule has 0 saturated heterocycles. The lowest BCUT2D eigenvalue weighted by molar-refractivity contribution is -0.155. The summed E-state index contributed by atoms with van der Waals surface area (Å²) in [4.78, 5) is 89.9. The van der Waals surface area contributed by atoms with Crippen molar-refractivity contribution in [3.8, 4) is 57.5 Å². The fourth-order valence-corrected chi connectivity index (χ4v) is 12.3. The van der Waals surface area contributed by atoms with E-state index in [0.29, 0.717) is 84.7 Å². The smallest absolute Gasteiger partial charge is 0.399 e. The van der Waals surface area contributed by atoms with Gasteiger partial charge >= 0.3 is 23.8 Å². The average Bonchev–Trinajstić information content (AvgIpc) is 1.64. The highest BCUT2D eigenvalue weighted by atomic mass is 16.7. The Balaban J connectivity index is 0.000000212. The van der Waals surface area contributed by atoms with Crippen molar-refractivity contribution < 1.29 is 103 Å². The van der Waals surface area contributed by atoms with Gasteiger partial charge in [-0.3, -0.25) is 36.7 Å². The van der Waals surface area contributed by atoms with Crippen LogP contribution in [0.1, 0.15) is 80.5 Å². The van der Waals surface area contributed by atoms with Crippen LogP contribution in [-0.2, 0) is 90.0 Å². The number of nitrogens with one attached hydrogen (secondary N) is 8. The molecular weight excluding hydrogens is 1530 g/mol. The van der Waals surface area contributed by atoms with Gasteiger partial charge < -0.3 is 100 Å². The summed E-state index contributed by atoms with van der Waals surface area (Å²) in [6.07, 6.45) is 10.0. The minimum Gasteiger partial charge on any atom is -0.504 e. The number of carbonyl (C=O) groups excluding carboxylic acids is 6. The van der Waals surface area contributed by atoms with Crippen LogP contribution >= 0.6 is 0 Å². The molecule has 11 aromatic rings. The Bertz CT molecular complexity index is 5330. The summed E-state index contributed by atoms with van der Waals surface area (Å²) in [6, 6.07) is 35.0. The summed E-state index contributed by atoms with van der Waals surface area (Å²) >= 11 is 0. The fraction of sp³-hybridized carbons (Fsp3) is 0.301. The van der Waals surface area contributed by atoms with Crippen LogP contribution < -0.4 is 78.9 Å². The van der Waals surface area contributed by atoms with E-state index in [1.165, 1.54) is 80.5 Å². The molecule has 0 aliphatic heterocycles. The lowest BCUT2D eigenvalue weighted by Crippen LogP contribution is -2.57. The SMILES string of the molecule is CC(Cc1ccc(O)c(O)c1)(NN)C(=O)O.COc1ccc2[nH]cc(CCNC(C)=O)c2c1.COc1ccc2c(c1)c(CCNC(C)=O)cn2COC(=O)C(C)(Cc1ccc(O)c(O)c1)NN.COc1ccc2c(c1)c(CCNC(C)=O)cn2OC(=O)C(C)(Cc1ccc(O)c(O)c1)NN.[CH2+]C(=O)NCCc1cn(O)c2ccc(OC)cc12. The maximum Gasteiger partial charge on any atom is 0.399 e. The van der Waals surface area contributed by atoms with Gasteiger partial charge in [-0.25, -0.2) is 30.7 Å². The van der Waals surface area contributed by atoms with E-state index in [1.54, 1.807) is 95.6 Å². The number of aromatic amines is 1. The standard InChI is InChI=1S/C24H30N4O6.C23H28N4O6.C13H14N2O3.C13H16N2O2.C10H14N2O4/c1-15(29)26-9-8-17-13-28(20-6-5-18(33-3)11-19(17)20)14-34-23(32)24(2,27-25)12-16-4-7-21(30)22(31)10-16;1-14(28)25-9-8-16-13-27(19-6-5-17(32-3)11-18(16)19)33-22(31)23(2,26-24)12-15-4-7-20(29)21(30)10-15;1-9(16)14-6-5-10-8-15(17)13-4-3-11(18-2)7-12(10)13;1-9(16)14-6-5-10-8-15-13-4-3-11(17-2)7-12(10)13;1-10(12-11,9(15)16)5-6-2-3-7(13)8(14)4-6/h4-7,10-11,13,27,30-31H,8-9,12,14,25H2,1-3H3,(H,26,29);4-7,10-11,13,26,29-30H,8-9,12,24H2,1-3H3,(H,25,28);3-4,7-8,17H,1,5-6H2,2H3;3-4,7-8,15H,5-6H2,1-2H3,(H,14,16);2-4,12-14H,5,11H2,1H3,(H,15,16)/p+1. The summed E-state index contributed by atoms with van der Waals surface area (Å²) in [5.74, 6) is 15.0. The molecule has 0 aliphatic rings. The lowest BCUT2D eigenvalue weighted by Gasteiger charge is -2.26. The van der Waals surface area contributed by atoms with Crippen LogP contribution in [0.3, 0.4) is 0 Å². The molecule has 0 radical (unpaired) electrons. The molecule has 0 fully saturated rings. The number of amides is 4. The maximum atomic E-state index is 13.1. The maximum absolute atomic E-state index is 13.1. The third-order valence-electron chi connectivity index (χ3n) is 18.9. The Morgan fingerprint density at radius 1 is 0.441 bits per heavy atom. The third-order valence-corrected chi connectivity index (χ3v) is 18.9. The Labute approximate surface area is 679 Å². The molecule has 0 bridgehead atoms. The monoisotopic (exact) mass is 1630 g/mol. The molecule has 35 nitrogen and oxygen atoms in total. The number of methoxy groups -OCH3 is 4. The topological polar surface area (TPSA) is 530 Å². The van der Waals surface area contributed by atoms with E-state index in [-0.39, 0.29) is 84.1 Å². The van der Waals surface area contributed by atoms with Gasteiger partial charge in [-0.15, -0.1) is 0 Å². The van der Waals surface area contributed by atoms with E-state index in [9.17, 15) is 64.3 Å². The second-order valence-corrected chi connectivity index (χ2v) is 28.0. The predicted molar refractivity (Wildman–Crippen MR) is 440 cm³/mol. The first-order valence-corrected chi connectivity index (χ1v) is 36.8. The molecule has 4 amide bonds. The number of nitrogens with two attached hydrogens (primary N) is 3. The quantitative estimate of drug-likeness (QED) is 0.00587. The van der Waals surface area contributed by atoms with Gasteiger partial charge in [-0.2, -0.15) is 9.46 Å². The first-order chi connectivity index (χ1) is 56.0. The number of ether oxygens (including phenoxy) is 5. The second-order valence-electron chi connectivity index (χ2n) is 28.0. The number of benzene rings is 7. The molecule has 4 aromatic heterocycles. The molecule has 11 rings (SSSR count). The van der Waals surface area contributed by atoms with Crippen molar-refractivity contribution in [2.24, 2.45) is 17.5 Å². The molecule has 0 aliphatic carbocycles. The van der Waals surface area contributed by atoms with Crippen LogP contribution in [0.4, 0.5) is 0 Å². The zero-order chi connectivity index (χ0) is 86.8. The number of phenols is 6. The van der Waals surface area contributed by atoms with E-state index < -0.39 is 34.5 Å². The van der Waals surface area contributed by atoms with Gasteiger partial charge in [0.15, 0.2) is 48.2 Å². The number of esters is 1. The summed E-state index contributed by atoms with van der Waals surface area (Å²) < 4.78 is 30.9. The number of fused-ring (bicyclic) bond motifs is 4. The average molecular weight is 1630 g/mol. The number of aromatic hydroxyl groups is 6. The molecule has 118 heavy (non-hydrogen) atoms. The number of nitrogens with zero attached hydrogens (tertiary/aromatic N) is 3. The van der Waals surface area contributed by atoms with Crippen molar-refractivity contribution in [3.63, 3.8) is 0 Å². The number of aliphatic carboxylic acids is 1. The molecule has 4 heterocycles. The number of carbonyl (C=O) groups is 7. The van der Waals surface area contributed by atoms with Crippen molar-refractivity contribution in [1.82, 2.24) is 56.6 Å². The van der Waals surface area contributed by atoms with E-state index in [4.69, 9.17) is 56.3 Å². The van der Waals surface area contributed by atoms with Crippen molar-refractivity contribution in [2.75, 3.05) is 54.6 Å². The van der Waals surface area contributed by atoms with E-state index in [0.717, 1.165) is 71.9 Å². The summed E-state index contributed by atoms with van der Waals surface area (Å²) in [5.41, 5.74) is 12.3. The van der Waals surface area contributed by atoms with Gasteiger partial charge in [0.2, 0.25) is 17.7 Å². The number of hydrogen-bond donors (Lipinski definition) is 19. The van der Waals surface area contributed by atoms with Crippen LogP contribution in [0, 0.1) is 6.92 Å². The number of carboxylic acids is 1. The minimum absolute atomic E-state index is 0.00224. The number of carboxylic acid groups (broad SMARTS) is 1. The minimum atomic E-state index is -1.33. The van der Waals surface area contributed by atoms with Crippen molar-refractivity contribution >= 4 is 85.1 Å². The first-order valence-electron chi connectivity index (χ1n) is 36.8. The number of hydrazine groups is 3. The number of H-pyrrole nitrogens is 1. The molecule has 22 N–H and O–H groups in total. The zero-order valence-electron chi connectivity index (χ0n) is 67.1. The molecule has 7 aromatic carbocycles. The van der Waals surface area contributed by atoms with Crippen LogP contribution in [-0.4, -0.2) is 173 Å². The van der Waals surface area contributed by atoms with Crippen LogP contribution in [0.2, 0.25) is 0 Å². The van der Waals surface area contributed by atoms with Gasteiger partial charge in [0.1, 0.15) is 39.6 Å². The molecule has 3 unspecified atom stereocenters. The summed E-state index contributed by atoms with van der Waals surface area (Å²) in [6.45, 7) is 14.3. The van der Waals surface area contributed by atoms with E-state index in [2.05, 4.69) is 49.5 Å². The highest BCUT2D eigenvalue weighted by Gasteiger charge is 2.37. The summed E-state index contributed by atoms with van der Waals surface area (Å²) in [7, 11) is 6.41. The third kappa shape index (κ3) is 25.0. The van der Waals surface area contributed by atoms with Gasteiger partial charge in [0, 0.05) is 118 Å². The van der Waals surface area contributed by atoms with Crippen LogP contribution in [0.25, 0.3) is 43.6 Å². The molecule has 3 atom stereocenters. The van der Waals surface area contributed by atoms with Gasteiger partial charge in [0.05, 0.1) is 45.0 Å². The van der Waals surface area contributed by atoms with Crippen molar-refractivity contribution in [3.05, 3.63) is 198 Å². The molecular formula is C83H103N14O21+. The fourth-order valence-electron chi connectivity index (χ4n) is 12.3. The van der Waals surface area contributed by atoms with Gasteiger partial charge in [-0.05, 0) is 195 Å². The first kappa shape index (κ1) is 91.6. The lowest BCUT2D eigenvalue weighted by atomic mass is 9.93. The number of rotatable bonds is 31. The highest BCUT2D eigenvalue weighted by Crippen LogP contribution is 2.34. The Morgan fingerprint density at radius 3 is 1.24 bits per heavy atom. The van der Waals surface area contributed by atoms with Crippen molar-refractivity contribution in [1.29, 1.82) is 0 Å². The second kappa shape index (κ2) is 42.2. The van der Waals surface area contributed by atoms with Crippen molar-refractivity contribution in [2.45, 2.75) is 110 Å². The summed E-state index contributed by atoms with van der Waals surface area (Å²) in [5, 5.41) is 90.3. The zero-order valence-corrected chi connectivity index (χ0v) is 67.1. The predicted octanol–water partition coefficient (Wildman–Crippen LogP) is 6.05. The normalized spacial score (nSPS) is 12.3. The number of hydrogen-bond acceptors (Lipinski definition) is 26. The number of phenolic OH excluding ortho intramolecular Hbond substituents is 6. The van der Waals surface area contributed by atoms with Gasteiger partial charge in [-0.1, -0.05) is 18.2 Å². The molecule has 0 saturated carbocycles. The Hall–Kier alpha value is -13.6. The van der Waals surface area contributed by atoms with Gasteiger partial charge in [0.25, 0.3) is 0 Å². The largest absolute Gasteiger partial charge is 0.504 e. The Morgan fingerprint density at radius 2 is 0.814 bits per heavy atom. The molecule has 35 heteroatoms. The number of aromatic nitrogens is 4. The van der Waals surface area contributed by atoms with E-state index >= 15 is 0 Å².